The van der Waals surface area contributed by atoms with E-state index in [1.54, 1.807) is 25.7 Å². The van der Waals surface area contributed by atoms with Crippen LogP contribution in [0.3, 0.4) is 0 Å². The molecule has 0 saturated heterocycles. The number of aryl methyl sites for hydroxylation is 2. The first-order valence-electron chi connectivity index (χ1n) is 12.0. The maximum atomic E-state index is 13.3. The summed E-state index contributed by atoms with van der Waals surface area (Å²) < 4.78 is 5.26. The summed E-state index contributed by atoms with van der Waals surface area (Å²) in [5, 5.41) is 5.51. The summed E-state index contributed by atoms with van der Waals surface area (Å²) in [4.78, 5) is 40.4. The van der Waals surface area contributed by atoms with E-state index < -0.39 is 17.7 Å². The molecule has 0 spiro atoms. The lowest BCUT2D eigenvalue weighted by atomic mass is 9.98. The largest absolute Gasteiger partial charge is 0.444 e. The molecule has 1 aromatic rings. The first-order chi connectivity index (χ1) is 15.3. The number of benzene rings is 1. The minimum absolute atomic E-state index is 0.0668. The zero-order valence-corrected chi connectivity index (χ0v) is 21.7. The molecular weight excluding hydrogens is 418 g/mol. The molecular formula is C26H43N3O4. The Hall–Kier alpha value is -2.57. The van der Waals surface area contributed by atoms with Crippen molar-refractivity contribution in [1.82, 2.24) is 15.5 Å². The second-order valence-corrected chi connectivity index (χ2v) is 9.99. The monoisotopic (exact) mass is 461 g/mol. The molecule has 1 atom stereocenters. The Morgan fingerprint density at radius 3 is 2.12 bits per heavy atom. The maximum absolute atomic E-state index is 13.3. The summed E-state index contributed by atoms with van der Waals surface area (Å²) in [7, 11) is 0. The van der Waals surface area contributed by atoms with E-state index in [0.717, 1.165) is 42.4 Å². The minimum atomic E-state index is -0.777. The summed E-state index contributed by atoms with van der Waals surface area (Å²) in [6.07, 6.45) is 3.22. The second-order valence-electron chi connectivity index (χ2n) is 9.99. The van der Waals surface area contributed by atoms with Gasteiger partial charge in [-0.3, -0.25) is 9.59 Å². The zero-order chi connectivity index (χ0) is 25.2. The first-order valence-corrected chi connectivity index (χ1v) is 12.0. The lowest BCUT2D eigenvalue weighted by molar-refractivity contribution is -0.140. The molecule has 0 aliphatic rings. The van der Waals surface area contributed by atoms with Crippen molar-refractivity contribution < 1.29 is 19.1 Å². The highest BCUT2D eigenvalue weighted by molar-refractivity contribution is 5.90. The minimum Gasteiger partial charge on any atom is -0.444 e. The number of carbonyl (C=O) groups excluding carboxylic acids is 3. The molecule has 0 saturated carbocycles. The van der Waals surface area contributed by atoms with Gasteiger partial charge in [-0.2, -0.15) is 0 Å². The van der Waals surface area contributed by atoms with Gasteiger partial charge in [0.05, 0.1) is 0 Å². The number of hydrogen-bond donors (Lipinski definition) is 2. The standard InChI is InChI=1S/C26H43N3O4/c1-9-10-11-12-13-29(22(30)17-27-25(32)33-26(6,7)8)23(24(31)28-18(2)3)21-15-19(4)14-20(5)16-21/h14-16,18,23H,9-13,17H2,1-8H3,(H,27,32)(H,28,31). The molecule has 7 nitrogen and oxygen atoms in total. The highest BCUT2D eigenvalue weighted by Gasteiger charge is 2.32. The molecule has 0 bridgehead atoms. The number of amides is 3. The molecule has 186 valence electrons. The average molecular weight is 462 g/mol. The van der Waals surface area contributed by atoms with Crippen molar-refractivity contribution >= 4 is 17.9 Å². The topological polar surface area (TPSA) is 87.7 Å². The smallest absolute Gasteiger partial charge is 0.408 e. The molecule has 7 heteroatoms. The molecule has 1 aromatic carbocycles. The van der Waals surface area contributed by atoms with Crippen LogP contribution >= 0.6 is 0 Å². The van der Waals surface area contributed by atoms with Gasteiger partial charge in [0.15, 0.2) is 0 Å². The zero-order valence-electron chi connectivity index (χ0n) is 21.7. The number of hydrogen-bond acceptors (Lipinski definition) is 4. The van der Waals surface area contributed by atoms with Gasteiger partial charge in [0.1, 0.15) is 18.2 Å². The van der Waals surface area contributed by atoms with Gasteiger partial charge in [0.2, 0.25) is 11.8 Å². The van der Waals surface area contributed by atoms with Crippen LogP contribution in [0.15, 0.2) is 18.2 Å². The van der Waals surface area contributed by atoms with Crippen LogP contribution in [-0.2, 0) is 14.3 Å². The van der Waals surface area contributed by atoms with Gasteiger partial charge < -0.3 is 20.3 Å². The first kappa shape index (κ1) is 28.5. The Morgan fingerprint density at radius 1 is 1.00 bits per heavy atom. The Kier molecular flexibility index (Phi) is 11.4. The fourth-order valence-corrected chi connectivity index (χ4v) is 3.67. The molecule has 2 N–H and O–H groups in total. The maximum Gasteiger partial charge on any atom is 0.408 e. The molecule has 0 aromatic heterocycles. The molecule has 1 unspecified atom stereocenters. The van der Waals surface area contributed by atoms with E-state index in [9.17, 15) is 14.4 Å². The van der Waals surface area contributed by atoms with Crippen LogP contribution < -0.4 is 10.6 Å². The van der Waals surface area contributed by atoms with E-state index in [0.29, 0.717) is 6.54 Å². The number of nitrogens with one attached hydrogen (secondary N) is 2. The van der Waals surface area contributed by atoms with Gasteiger partial charge in [0.25, 0.3) is 0 Å². The molecule has 0 aliphatic heterocycles. The fraction of sp³-hybridized carbons (Fsp3) is 0.654. The summed E-state index contributed by atoms with van der Waals surface area (Å²) in [5.41, 5.74) is 2.16. The Morgan fingerprint density at radius 2 is 1.61 bits per heavy atom. The molecule has 0 fully saturated rings. The van der Waals surface area contributed by atoms with E-state index in [-0.39, 0.29) is 24.4 Å². The van der Waals surface area contributed by atoms with Crippen molar-refractivity contribution in [3.8, 4) is 0 Å². The number of carbonyl (C=O) groups is 3. The highest BCUT2D eigenvalue weighted by atomic mass is 16.6. The van der Waals surface area contributed by atoms with Crippen LogP contribution in [0, 0.1) is 13.8 Å². The van der Waals surface area contributed by atoms with Crippen molar-refractivity contribution in [2.75, 3.05) is 13.1 Å². The SMILES string of the molecule is CCCCCCN(C(=O)CNC(=O)OC(C)(C)C)C(C(=O)NC(C)C)c1cc(C)cc(C)c1. The third-order valence-electron chi connectivity index (χ3n) is 4.91. The predicted molar refractivity (Wildman–Crippen MR) is 132 cm³/mol. The number of alkyl carbamates (subject to hydrolysis) is 1. The summed E-state index contributed by atoms with van der Waals surface area (Å²) in [6.45, 7) is 15.4. The number of unbranched alkanes of at least 4 members (excludes halogenated alkanes) is 3. The van der Waals surface area contributed by atoms with E-state index in [1.165, 1.54) is 0 Å². The van der Waals surface area contributed by atoms with E-state index in [4.69, 9.17) is 4.74 Å². The van der Waals surface area contributed by atoms with E-state index in [2.05, 4.69) is 17.6 Å². The van der Waals surface area contributed by atoms with E-state index in [1.807, 2.05) is 45.9 Å². The molecule has 33 heavy (non-hydrogen) atoms. The third-order valence-corrected chi connectivity index (χ3v) is 4.91. The van der Waals surface area contributed by atoms with Crippen LogP contribution in [0.2, 0.25) is 0 Å². The average Bonchev–Trinajstić information content (AvgIpc) is 2.65. The second kappa shape index (κ2) is 13.2. The summed E-state index contributed by atoms with van der Waals surface area (Å²) in [6, 6.07) is 5.10. The van der Waals surface area contributed by atoms with Crippen molar-refractivity contribution in [2.24, 2.45) is 0 Å². The number of ether oxygens (including phenoxy) is 1. The molecule has 1 rings (SSSR count). The van der Waals surface area contributed by atoms with Crippen molar-refractivity contribution in [1.29, 1.82) is 0 Å². The third kappa shape index (κ3) is 10.7. The molecule has 0 aliphatic carbocycles. The van der Waals surface area contributed by atoms with E-state index >= 15 is 0 Å². The highest BCUT2D eigenvalue weighted by Crippen LogP contribution is 2.25. The lowest BCUT2D eigenvalue weighted by Gasteiger charge is -2.32. The van der Waals surface area contributed by atoms with Crippen LogP contribution in [0.4, 0.5) is 4.79 Å². The van der Waals surface area contributed by atoms with Gasteiger partial charge in [-0.15, -0.1) is 0 Å². The fourth-order valence-electron chi connectivity index (χ4n) is 3.67. The molecule has 0 heterocycles. The quantitative estimate of drug-likeness (QED) is 0.463. The van der Waals surface area contributed by atoms with Crippen molar-refractivity contribution in [3.63, 3.8) is 0 Å². The number of nitrogens with zero attached hydrogens (tertiary/aromatic N) is 1. The van der Waals surface area contributed by atoms with Crippen molar-refractivity contribution in [3.05, 3.63) is 34.9 Å². The predicted octanol–water partition coefficient (Wildman–Crippen LogP) is 4.80. The van der Waals surface area contributed by atoms with Gasteiger partial charge >= 0.3 is 6.09 Å². The Bertz CT molecular complexity index is 779. The summed E-state index contributed by atoms with van der Waals surface area (Å²) >= 11 is 0. The van der Waals surface area contributed by atoms with Gasteiger partial charge in [0, 0.05) is 12.6 Å². The van der Waals surface area contributed by atoms with Crippen molar-refractivity contribution in [2.45, 2.75) is 98.8 Å². The van der Waals surface area contributed by atoms with Gasteiger partial charge in [-0.1, -0.05) is 55.5 Å². The summed E-state index contributed by atoms with van der Waals surface area (Å²) in [5.74, 6) is -0.545. The van der Waals surface area contributed by atoms with Gasteiger partial charge in [-0.05, 0) is 60.5 Å². The Labute approximate surface area is 199 Å². The van der Waals surface area contributed by atoms with Gasteiger partial charge in [-0.25, -0.2) is 4.79 Å². The Balaban J connectivity index is 3.24. The number of rotatable bonds is 11. The van der Waals surface area contributed by atoms with Crippen LogP contribution in [0.25, 0.3) is 0 Å². The lowest BCUT2D eigenvalue weighted by Crippen LogP contribution is -2.49. The molecule has 0 radical (unpaired) electrons. The van der Waals surface area contributed by atoms with Crippen LogP contribution in [0.5, 0.6) is 0 Å². The molecule has 3 amide bonds. The normalized spacial score (nSPS) is 12.3. The van der Waals surface area contributed by atoms with Crippen LogP contribution in [-0.4, -0.2) is 47.5 Å². The van der Waals surface area contributed by atoms with Crippen LogP contribution in [0.1, 0.15) is 90.0 Å².